The average molecular weight is 300 g/mol. The summed E-state index contributed by atoms with van der Waals surface area (Å²) in [5.74, 6) is 0. The van der Waals surface area contributed by atoms with E-state index >= 15 is 0 Å². The van der Waals surface area contributed by atoms with Crippen LogP contribution in [0.15, 0.2) is 0 Å². The molecule has 3 aliphatic heterocycles. The first-order valence-electron chi connectivity index (χ1n) is 7.25. The maximum atomic E-state index is 5.98. The van der Waals surface area contributed by atoms with Crippen molar-refractivity contribution in [3.05, 3.63) is 0 Å². The molecule has 0 radical (unpaired) electrons. The zero-order chi connectivity index (χ0) is 14.5. The topological polar surface area (TPSA) is 55.4 Å². The summed E-state index contributed by atoms with van der Waals surface area (Å²) in [4.78, 5) is 0. The van der Waals surface area contributed by atoms with Crippen molar-refractivity contribution >= 4 is 22.6 Å². The van der Waals surface area contributed by atoms with E-state index in [9.17, 15) is 0 Å². The molecule has 3 heterocycles. The fourth-order valence-corrected chi connectivity index (χ4v) is 3.50. The van der Waals surface area contributed by atoms with Crippen molar-refractivity contribution in [1.82, 2.24) is 0 Å². The van der Waals surface area contributed by atoms with Gasteiger partial charge in [-0.2, -0.15) is 0 Å². The first kappa shape index (κ1) is 15.0. The largest absolute Gasteiger partial charge is 0.455 e. The minimum absolute atomic E-state index is 0.149. The van der Waals surface area contributed by atoms with Crippen molar-refractivity contribution < 1.29 is 27.8 Å². The number of ether oxygens (including phenoxy) is 1. The summed E-state index contributed by atoms with van der Waals surface area (Å²) in [7, 11) is -2.12. The molecule has 20 heavy (non-hydrogen) atoms. The van der Waals surface area contributed by atoms with Crippen LogP contribution in [0.4, 0.5) is 0 Å². The van der Waals surface area contributed by atoms with E-state index < -0.39 is 14.6 Å². The number of rotatable bonds is 3. The molecule has 3 rings (SSSR count). The van der Waals surface area contributed by atoms with E-state index in [1.165, 1.54) is 0 Å². The van der Waals surface area contributed by atoms with Crippen molar-refractivity contribution in [1.29, 1.82) is 0 Å². The molecule has 0 saturated carbocycles. The van der Waals surface area contributed by atoms with Gasteiger partial charge in [0, 0.05) is 0 Å². The summed E-state index contributed by atoms with van der Waals surface area (Å²) in [6.07, 6.45) is -1.09. The van der Waals surface area contributed by atoms with Crippen LogP contribution < -0.4 is 0 Å². The molecule has 112 valence electrons. The van der Waals surface area contributed by atoms with Crippen molar-refractivity contribution in [2.75, 3.05) is 6.61 Å². The molecular weight excluding hydrogens is 278 g/mol. The fraction of sp³-hybridized carbons (Fsp3) is 1.00. The van der Waals surface area contributed by atoms with Gasteiger partial charge in [0.05, 0.1) is 18.8 Å². The molecule has 0 bridgehead atoms. The summed E-state index contributed by atoms with van der Waals surface area (Å²) in [6.45, 7) is 10.7. The van der Waals surface area contributed by atoms with Crippen LogP contribution in [0, 0.1) is 0 Å². The molecule has 0 spiro atoms. The Bertz CT molecular complexity index is 367. The SMILES string of the molecule is CB1O[C@H]2[C@@H](O1)[C@@H](CO[Si](C)(C)C)O[C@@H]1OB(C)O[C@@H]12. The molecule has 6 nitrogen and oxygen atoms in total. The second-order valence-corrected chi connectivity index (χ2v) is 11.1. The Labute approximate surface area is 121 Å². The van der Waals surface area contributed by atoms with Crippen molar-refractivity contribution in [3.8, 4) is 0 Å². The van der Waals surface area contributed by atoms with Crippen LogP contribution in [0.25, 0.3) is 0 Å². The van der Waals surface area contributed by atoms with Crippen molar-refractivity contribution in [2.24, 2.45) is 0 Å². The highest BCUT2D eigenvalue weighted by Crippen LogP contribution is 2.37. The highest BCUT2D eigenvalue weighted by Gasteiger charge is 2.57. The Kier molecular flexibility index (Phi) is 4.04. The minimum atomic E-state index is -1.60. The van der Waals surface area contributed by atoms with Gasteiger partial charge in [-0.15, -0.1) is 0 Å². The molecule has 9 heteroatoms. The third kappa shape index (κ3) is 2.99. The molecule has 5 atom stereocenters. The van der Waals surface area contributed by atoms with Gasteiger partial charge in [-0.25, -0.2) is 0 Å². The molecule has 0 N–H and O–H groups in total. The summed E-state index contributed by atoms with van der Waals surface area (Å²) >= 11 is 0. The Morgan fingerprint density at radius 1 is 0.900 bits per heavy atom. The van der Waals surface area contributed by atoms with Gasteiger partial charge in [0.25, 0.3) is 0 Å². The molecule has 3 saturated heterocycles. The molecule has 3 aliphatic rings. The first-order valence-corrected chi connectivity index (χ1v) is 10.7. The van der Waals surface area contributed by atoms with E-state index in [-0.39, 0.29) is 38.7 Å². The van der Waals surface area contributed by atoms with Gasteiger partial charge < -0.3 is 27.8 Å². The predicted octanol–water partition coefficient (Wildman–Crippen LogP) is 0.998. The van der Waals surface area contributed by atoms with E-state index in [4.69, 9.17) is 27.8 Å². The van der Waals surface area contributed by atoms with Gasteiger partial charge in [-0.05, 0) is 33.3 Å². The molecule has 0 aromatic rings. The van der Waals surface area contributed by atoms with Gasteiger partial charge in [0.2, 0.25) is 0 Å². The quantitative estimate of drug-likeness (QED) is 0.725. The third-order valence-corrected chi connectivity index (χ3v) is 4.68. The van der Waals surface area contributed by atoms with Crippen LogP contribution >= 0.6 is 0 Å². The highest BCUT2D eigenvalue weighted by atomic mass is 28.4. The fourth-order valence-electron chi connectivity index (χ4n) is 2.83. The van der Waals surface area contributed by atoms with Crippen LogP contribution in [0.3, 0.4) is 0 Å². The number of fused-ring (bicyclic) bond motifs is 3. The van der Waals surface area contributed by atoms with Gasteiger partial charge in [0.1, 0.15) is 12.2 Å². The summed E-state index contributed by atoms with van der Waals surface area (Å²) in [5.41, 5.74) is 0. The highest BCUT2D eigenvalue weighted by molar-refractivity contribution is 6.69. The van der Waals surface area contributed by atoms with Gasteiger partial charge in [-0.3, -0.25) is 0 Å². The van der Waals surface area contributed by atoms with Crippen molar-refractivity contribution in [2.45, 2.75) is 64.0 Å². The maximum Gasteiger partial charge on any atom is 0.455 e. The van der Waals surface area contributed by atoms with Crippen LogP contribution in [-0.4, -0.2) is 59.9 Å². The monoisotopic (exact) mass is 300 g/mol. The molecular formula is C11H22B2O6Si. The second kappa shape index (κ2) is 5.39. The lowest BCUT2D eigenvalue weighted by Gasteiger charge is -2.39. The van der Waals surface area contributed by atoms with E-state index in [2.05, 4.69) is 19.6 Å². The van der Waals surface area contributed by atoms with Gasteiger partial charge >= 0.3 is 14.2 Å². The number of hydrogen-bond donors (Lipinski definition) is 0. The van der Waals surface area contributed by atoms with Crippen molar-refractivity contribution in [3.63, 3.8) is 0 Å². The standard InChI is InChI=1S/C11H22B2O6Si/c1-12-16-8-7(6-14-20(3,4)5)15-11-10(9(8)17-12)18-13(2)19-11/h7-11H,6H2,1-5H3/t7-,8+,9+,10-,11-/m1/s1. The van der Waals surface area contributed by atoms with Gasteiger partial charge in [-0.1, -0.05) is 0 Å². The Hall–Kier alpha value is 0.107. The Balaban J connectivity index is 1.71. The summed E-state index contributed by atoms with van der Waals surface area (Å²) in [5, 5.41) is 0. The van der Waals surface area contributed by atoms with E-state index in [0.29, 0.717) is 6.61 Å². The molecule has 0 unspecified atom stereocenters. The zero-order valence-corrected chi connectivity index (χ0v) is 13.7. The van der Waals surface area contributed by atoms with Crippen LogP contribution in [0.2, 0.25) is 33.3 Å². The number of hydrogen-bond acceptors (Lipinski definition) is 6. The zero-order valence-electron chi connectivity index (χ0n) is 12.7. The normalized spacial score (nSPS) is 41.0. The van der Waals surface area contributed by atoms with Crippen LogP contribution in [0.5, 0.6) is 0 Å². The van der Waals surface area contributed by atoms with Crippen LogP contribution in [0.1, 0.15) is 0 Å². The smallest absolute Gasteiger partial charge is 0.415 e. The average Bonchev–Trinajstić information content (AvgIpc) is 2.86. The van der Waals surface area contributed by atoms with E-state index in [1.807, 2.05) is 13.6 Å². The summed E-state index contributed by atoms with van der Waals surface area (Å²) < 4.78 is 35.0. The lowest BCUT2D eigenvalue weighted by Crippen LogP contribution is -2.56. The minimum Gasteiger partial charge on any atom is -0.415 e. The van der Waals surface area contributed by atoms with Gasteiger partial charge in [0.15, 0.2) is 14.6 Å². The predicted molar refractivity (Wildman–Crippen MR) is 76.9 cm³/mol. The Morgan fingerprint density at radius 3 is 2.20 bits per heavy atom. The maximum absolute atomic E-state index is 5.98. The van der Waals surface area contributed by atoms with Crippen LogP contribution in [-0.2, 0) is 27.8 Å². The molecule has 0 aromatic heterocycles. The second-order valence-electron chi connectivity index (χ2n) is 6.54. The van der Waals surface area contributed by atoms with E-state index in [0.717, 1.165) is 0 Å². The molecule has 3 fully saturated rings. The molecule has 0 aliphatic carbocycles. The Morgan fingerprint density at radius 2 is 1.50 bits per heavy atom. The first-order chi connectivity index (χ1) is 9.33. The lowest BCUT2D eigenvalue weighted by atomic mass is 9.96. The molecule has 0 amide bonds. The summed E-state index contributed by atoms with van der Waals surface area (Å²) in [6, 6.07) is 0. The lowest BCUT2D eigenvalue weighted by molar-refractivity contribution is -0.221. The van der Waals surface area contributed by atoms with E-state index in [1.54, 1.807) is 0 Å². The molecule has 0 aromatic carbocycles. The third-order valence-electron chi connectivity index (χ3n) is 3.64.